The zero-order valence-corrected chi connectivity index (χ0v) is 18.8. The Morgan fingerprint density at radius 1 is 0.938 bits per heavy atom. The second-order valence-electron chi connectivity index (χ2n) is 7.58. The number of benzene rings is 3. The van der Waals surface area contributed by atoms with Gasteiger partial charge in [-0.25, -0.2) is 4.79 Å². The summed E-state index contributed by atoms with van der Waals surface area (Å²) in [5.74, 6) is -0.944. The van der Waals surface area contributed by atoms with Crippen molar-refractivity contribution in [2.45, 2.75) is 24.9 Å². The second kappa shape index (κ2) is 9.23. The lowest BCUT2D eigenvalue weighted by Gasteiger charge is -2.29. The molecule has 0 aliphatic carbocycles. The summed E-state index contributed by atoms with van der Waals surface area (Å²) in [6.45, 7) is 0. The summed E-state index contributed by atoms with van der Waals surface area (Å²) in [6, 6.07) is 18.3. The first kappa shape index (κ1) is 22.2. The highest BCUT2D eigenvalue weighted by atomic mass is 35.5. The molecule has 1 aliphatic heterocycles. The molecule has 7 heteroatoms. The van der Waals surface area contributed by atoms with E-state index in [-0.39, 0.29) is 5.91 Å². The molecule has 1 aliphatic rings. The Kier molecular flexibility index (Phi) is 6.40. The predicted molar refractivity (Wildman–Crippen MR) is 124 cm³/mol. The number of aliphatic carboxylic acids is 1. The Morgan fingerprint density at radius 2 is 1.62 bits per heavy atom. The summed E-state index contributed by atoms with van der Waals surface area (Å²) >= 11 is 12.7. The number of hydrogen-bond donors (Lipinski definition) is 1. The Bertz CT molecular complexity index is 1180. The predicted octanol–water partition coefficient (Wildman–Crippen LogP) is 6.10. The van der Waals surface area contributed by atoms with Gasteiger partial charge in [0.2, 0.25) is 0 Å². The summed E-state index contributed by atoms with van der Waals surface area (Å²) in [6.07, 6.45) is 0.868. The number of likely N-dealkylation sites (tertiary alicyclic amines) is 1. The first-order valence-corrected chi connectivity index (χ1v) is 10.9. The van der Waals surface area contributed by atoms with E-state index in [0.29, 0.717) is 34.2 Å². The lowest BCUT2D eigenvalue weighted by atomic mass is 10.0. The molecule has 1 saturated heterocycles. The summed E-state index contributed by atoms with van der Waals surface area (Å²) < 4.78 is 5.55. The minimum Gasteiger partial charge on any atom is -0.496 e. The highest BCUT2D eigenvalue weighted by molar-refractivity contribution is 6.33. The van der Waals surface area contributed by atoms with Crippen molar-refractivity contribution in [1.29, 1.82) is 0 Å². The van der Waals surface area contributed by atoms with Crippen LogP contribution in [0.15, 0.2) is 66.7 Å². The fraction of sp³-hybridized carbons (Fsp3) is 0.200. The second-order valence-corrected chi connectivity index (χ2v) is 8.39. The van der Waals surface area contributed by atoms with E-state index in [9.17, 15) is 14.7 Å². The molecule has 32 heavy (non-hydrogen) atoms. The topological polar surface area (TPSA) is 66.8 Å². The van der Waals surface area contributed by atoms with Crippen LogP contribution in [-0.4, -0.2) is 35.0 Å². The molecule has 1 heterocycles. The number of ether oxygens (including phenoxy) is 1. The molecule has 0 spiro atoms. The summed E-state index contributed by atoms with van der Waals surface area (Å²) in [5.41, 5.74) is 2.60. The van der Waals surface area contributed by atoms with Gasteiger partial charge in [-0.15, -0.1) is 0 Å². The number of carbonyl (C=O) groups excluding carboxylic acids is 1. The first-order valence-electron chi connectivity index (χ1n) is 10.1. The summed E-state index contributed by atoms with van der Waals surface area (Å²) in [5, 5.41) is 10.8. The van der Waals surface area contributed by atoms with Crippen molar-refractivity contribution >= 4 is 35.1 Å². The SMILES string of the molecule is COc1cc(C(=O)N2C(c3ccccc3Cl)CC[C@H]2C(=O)O)ccc1-c1ccccc1Cl. The van der Waals surface area contributed by atoms with Crippen LogP contribution in [0.1, 0.15) is 34.8 Å². The number of nitrogens with zero attached hydrogens (tertiary/aromatic N) is 1. The van der Waals surface area contributed by atoms with E-state index in [1.807, 2.05) is 30.3 Å². The van der Waals surface area contributed by atoms with Crippen molar-refractivity contribution < 1.29 is 19.4 Å². The highest BCUT2D eigenvalue weighted by Crippen LogP contribution is 2.41. The van der Waals surface area contributed by atoms with Gasteiger partial charge in [0.05, 0.1) is 13.2 Å². The standard InChI is InChI=1S/C25H21Cl2NO4/c1-32-23-14-15(10-11-17(23)16-6-2-4-8-19(16)26)24(29)28-21(12-13-22(28)25(30)31)18-7-3-5-9-20(18)27/h2-11,14,21-22H,12-13H2,1H3,(H,30,31)/t21?,22-/m0/s1. The fourth-order valence-electron chi connectivity index (χ4n) is 4.26. The van der Waals surface area contributed by atoms with Gasteiger partial charge in [0, 0.05) is 26.7 Å². The molecule has 0 bridgehead atoms. The Morgan fingerprint density at radius 3 is 2.28 bits per heavy atom. The van der Waals surface area contributed by atoms with Gasteiger partial charge in [-0.3, -0.25) is 4.79 Å². The molecule has 1 fully saturated rings. The van der Waals surface area contributed by atoms with Gasteiger partial charge < -0.3 is 14.7 Å². The number of amides is 1. The van der Waals surface area contributed by atoms with Gasteiger partial charge in [0.25, 0.3) is 5.91 Å². The van der Waals surface area contributed by atoms with Gasteiger partial charge >= 0.3 is 5.97 Å². The monoisotopic (exact) mass is 469 g/mol. The average Bonchev–Trinajstić information content (AvgIpc) is 3.24. The van der Waals surface area contributed by atoms with Gasteiger partial charge in [0.1, 0.15) is 11.8 Å². The molecule has 0 saturated carbocycles. The van der Waals surface area contributed by atoms with E-state index in [2.05, 4.69) is 0 Å². The third-order valence-electron chi connectivity index (χ3n) is 5.78. The Balaban J connectivity index is 1.75. The molecule has 3 aromatic carbocycles. The van der Waals surface area contributed by atoms with E-state index in [1.165, 1.54) is 12.0 Å². The number of halogens is 2. The van der Waals surface area contributed by atoms with Crippen LogP contribution in [0.25, 0.3) is 11.1 Å². The van der Waals surface area contributed by atoms with Gasteiger partial charge in [-0.2, -0.15) is 0 Å². The van der Waals surface area contributed by atoms with E-state index in [1.54, 1.807) is 36.4 Å². The quantitative estimate of drug-likeness (QED) is 0.490. The molecule has 2 atom stereocenters. The zero-order valence-electron chi connectivity index (χ0n) is 17.3. The molecule has 1 amide bonds. The third kappa shape index (κ3) is 4.06. The molecular formula is C25H21Cl2NO4. The van der Waals surface area contributed by atoms with Crippen molar-refractivity contribution in [2.75, 3.05) is 7.11 Å². The highest BCUT2D eigenvalue weighted by Gasteiger charge is 2.42. The van der Waals surface area contributed by atoms with Crippen molar-refractivity contribution in [1.82, 2.24) is 4.90 Å². The van der Waals surface area contributed by atoms with E-state index in [4.69, 9.17) is 27.9 Å². The van der Waals surface area contributed by atoms with Crippen molar-refractivity contribution in [3.8, 4) is 16.9 Å². The van der Waals surface area contributed by atoms with E-state index in [0.717, 1.165) is 16.7 Å². The molecule has 0 radical (unpaired) electrons. The largest absolute Gasteiger partial charge is 0.496 e. The zero-order chi connectivity index (χ0) is 22.8. The maximum absolute atomic E-state index is 13.6. The molecule has 1 unspecified atom stereocenters. The van der Waals surface area contributed by atoms with Crippen LogP contribution in [0.4, 0.5) is 0 Å². The normalized spacial score (nSPS) is 17.9. The van der Waals surface area contributed by atoms with Crippen molar-refractivity contribution in [3.05, 3.63) is 87.9 Å². The molecule has 5 nitrogen and oxygen atoms in total. The Labute approximate surface area is 196 Å². The van der Waals surface area contributed by atoms with Crippen LogP contribution in [0.3, 0.4) is 0 Å². The number of methoxy groups -OCH3 is 1. The number of carbonyl (C=O) groups is 2. The minimum absolute atomic E-state index is 0.336. The van der Waals surface area contributed by atoms with Crippen LogP contribution in [0.5, 0.6) is 5.75 Å². The number of rotatable bonds is 5. The molecule has 1 N–H and O–H groups in total. The smallest absolute Gasteiger partial charge is 0.326 e. The van der Waals surface area contributed by atoms with Crippen LogP contribution in [-0.2, 0) is 4.79 Å². The summed E-state index contributed by atoms with van der Waals surface area (Å²) in [4.78, 5) is 26.9. The maximum atomic E-state index is 13.6. The number of carboxylic acids is 1. The number of hydrogen-bond acceptors (Lipinski definition) is 3. The average molecular weight is 470 g/mol. The maximum Gasteiger partial charge on any atom is 0.326 e. The molecule has 164 valence electrons. The number of carboxylic acid groups (broad SMARTS) is 1. The summed E-state index contributed by atoms with van der Waals surface area (Å²) in [7, 11) is 1.52. The van der Waals surface area contributed by atoms with Crippen LogP contribution >= 0.6 is 23.2 Å². The Hall–Kier alpha value is -3.02. The van der Waals surface area contributed by atoms with Crippen molar-refractivity contribution in [2.24, 2.45) is 0 Å². The molecular weight excluding hydrogens is 449 g/mol. The van der Waals surface area contributed by atoms with Crippen LogP contribution in [0.2, 0.25) is 10.0 Å². The van der Waals surface area contributed by atoms with E-state index < -0.39 is 18.1 Å². The van der Waals surface area contributed by atoms with Crippen LogP contribution < -0.4 is 4.74 Å². The lowest BCUT2D eigenvalue weighted by molar-refractivity contribution is -0.141. The molecule has 4 rings (SSSR count). The van der Waals surface area contributed by atoms with Crippen LogP contribution in [0, 0.1) is 0 Å². The van der Waals surface area contributed by atoms with Gasteiger partial charge in [-0.1, -0.05) is 59.6 Å². The van der Waals surface area contributed by atoms with E-state index >= 15 is 0 Å². The lowest BCUT2D eigenvalue weighted by Crippen LogP contribution is -2.41. The fourth-order valence-corrected chi connectivity index (χ4v) is 4.76. The minimum atomic E-state index is -1.03. The van der Waals surface area contributed by atoms with Crippen molar-refractivity contribution in [3.63, 3.8) is 0 Å². The van der Waals surface area contributed by atoms with Gasteiger partial charge in [0.15, 0.2) is 0 Å². The van der Waals surface area contributed by atoms with Gasteiger partial charge in [-0.05, 0) is 48.7 Å². The molecule has 3 aromatic rings. The third-order valence-corrected chi connectivity index (χ3v) is 6.46. The molecule has 0 aromatic heterocycles. The first-order chi connectivity index (χ1) is 15.4.